The SMILES string of the molecule is COCCNC(=NCc1cccc(OC)c1)NCc1nnc(C)n1C.I. The zero-order chi connectivity index (χ0) is 18.1. The minimum absolute atomic E-state index is 0. The summed E-state index contributed by atoms with van der Waals surface area (Å²) in [6.45, 7) is 4.26. The van der Waals surface area contributed by atoms with Crippen LogP contribution in [0.2, 0.25) is 0 Å². The number of nitrogens with one attached hydrogen (secondary N) is 2. The lowest BCUT2D eigenvalue weighted by Crippen LogP contribution is -2.39. The molecule has 0 amide bonds. The van der Waals surface area contributed by atoms with Gasteiger partial charge in [-0.05, 0) is 24.6 Å². The van der Waals surface area contributed by atoms with Gasteiger partial charge in [0.2, 0.25) is 0 Å². The van der Waals surface area contributed by atoms with Crippen LogP contribution in [0.25, 0.3) is 0 Å². The number of aromatic nitrogens is 3. The summed E-state index contributed by atoms with van der Waals surface area (Å²) in [6, 6.07) is 7.87. The lowest BCUT2D eigenvalue weighted by atomic mass is 10.2. The number of rotatable bonds is 8. The summed E-state index contributed by atoms with van der Waals surface area (Å²) in [4.78, 5) is 4.62. The summed E-state index contributed by atoms with van der Waals surface area (Å²) in [5.41, 5.74) is 1.07. The van der Waals surface area contributed by atoms with E-state index in [1.807, 2.05) is 42.8 Å². The molecule has 0 aliphatic carbocycles. The maximum Gasteiger partial charge on any atom is 0.192 e. The van der Waals surface area contributed by atoms with Gasteiger partial charge in [-0.1, -0.05) is 12.1 Å². The minimum Gasteiger partial charge on any atom is -0.497 e. The van der Waals surface area contributed by atoms with Crippen molar-refractivity contribution in [2.45, 2.75) is 20.0 Å². The first-order valence-corrected chi connectivity index (χ1v) is 8.13. The molecule has 2 rings (SSSR count). The monoisotopic (exact) mass is 474 g/mol. The Morgan fingerprint density at radius 2 is 2.04 bits per heavy atom. The highest BCUT2D eigenvalue weighted by Gasteiger charge is 2.06. The highest BCUT2D eigenvalue weighted by molar-refractivity contribution is 14.0. The van der Waals surface area contributed by atoms with Gasteiger partial charge in [-0.3, -0.25) is 0 Å². The van der Waals surface area contributed by atoms with Crippen LogP contribution >= 0.6 is 24.0 Å². The molecular weight excluding hydrogens is 447 g/mol. The Kier molecular flexibility index (Phi) is 9.96. The van der Waals surface area contributed by atoms with E-state index in [4.69, 9.17) is 9.47 Å². The maximum atomic E-state index is 5.25. The molecule has 0 bridgehead atoms. The molecule has 9 heteroatoms. The fourth-order valence-electron chi connectivity index (χ4n) is 2.15. The molecule has 0 saturated carbocycles. The molecule has 0 aliphatic rings. The Morgan fingerprint density at radius 1 is 1.23 bits per heavy atom. The van der Waals surface area contributed by atoms with Gasteiger partial charge in [0, 0.05) is 20.7 Å². The normalized spacial score (nSPS) is 11.0. The molecule has 2 aromatic rings. The highest BCUT2D eigenvalue weighted by Crippen LogP contribution is 2.13. The van der Waals surface area contributed by atoms with Crippen LogP contribution in [-0.2, 0) is 24.9 Å². The molecule has 144 valence electrons. The van der Waals surface area contributed by atoms with Gasteiger partial charge in [-0.2, -0.15) is 0 Å². The quantitative estimate of drug-likeness (QED) is 0.262. The van der Waals surface area contributed by atoms with Gasteiger partial charge >= 0.3 is 0 Å². The molecule has 1 heterocycles. The lowest BCUT2D eigenvalue weighted by Gasteiger charge is -2.12. The van der Waals surface area contributed by atoms with Gasteiger partial charge in [0.15, 0.2) is 11.8 Å². The van der Waals surface area contributed by atoms with E-state index in [-0.39, 0.29) is 24.0 Å². The van der Waals surface area contributed by atoms with Crippen molar-refractivity contribution in [3.63, 3.8) is 0 Å². The number of guanidine groups is 1. The number of benzene rings is 1. The van der Waals surface area contributed by atoms with Crippen LogP contribution in [-0.4, -0.2) is 48.1 Å². The largest absolute Gasteiger partial charge is 0.497 e. The fraction of sp³-hybridized carbons (Fsp3) is 0.471. The van der Waals surface area contributed by atoms with Crippen LogP contribution in [0.5, 0.6) is 5.75 Å². The summed E-state index contributed by atoms with van der Waals surface area (Å²) in [5.74, 6) is 3.24. The summed E-state index contributed by atoms with van der Waals surface area (Å²) in [7, 11) is 5.27. The topological polar surface area (TPSA) is 85.6 Å². The Hall–Kier alpha value is -1.88. The Morgan fingerprint density at radius 3 is 2.69 bits per heavy atom. The van der Waals surface area contributed by atoms with Crippen molar-refractivity contribution in [2.75, 3.05) is 27.4 Å². The lowest BCUT2D eigenvalue weighted by molar-refractivity contribution is 0.203. The van der Waals surface area contributed by atoms with E-state index in [0.717, 1.165) is 23.0 Å². The van der Waals surface area contributed by atoms with Crippen LogP contribution < -0.4 is 15.4 Å². The molecular formula is C17H27IN6O2. The van der Waals surface area contributed by atoms with Crippen molar-refractivity contribution in [1.29, 1.82) is 0 Å². The molecule has 0 unspecified atom stereocenters. The molecule has 1 aromatic carbocycles. The molecule has 0 atom stereocenters. The number of hydrogen-bond donors (Lipinski definition) is 2. The number of ether oxygens (including phenoxy) is 2. The van der Waals surface area contributed by atoms with Crippen LogP contribution in [0.15, 0.2) is 29.3 Å². The van der Waals surface area contributed by atoms with E-state index in [1.54, 1.807) is 14.2 Å². The fourth-order valence-corrected chi connectivity index (χ4v) is 2.15. The van der Waals surface area contributed by atoms with Gasteiger partial charge in [0.05, 0.1) is 26.8 Å². The number of halogens is 1. The van der Waals surface area contributed by atoms with E-state index in [1.165, 1.54) is 0 Å². The summed E-state index contributed by atoms with van der Waals surface area (Å²) in [6.07, 6.45) is 0. The average molecular weight is 474 g/mol. The molecule has 0 spiro atoms. The maximum absolute atomic E-state index is 5.25. The highest BCUT2D eigenvalue weighted by atomic mass is 127. The van der Waals surface area contributed by atoms with Crippen molar-refractivity contribution >= 4 is 29.9 Å². The van der Waals surface area contributed by atoms with Crippen molar-refractivity contribution in [3.8, 4) is 5.75 Å². The molecule has 0 saturated heterocycles. The third-order valence-electron chi connectivity index (χ3n) is 3.75. The van der Waals surface area contributed by atoms with Crippen molar-refractivity contribution in [1.82, 2.24) is 25.4 Å². The van der Waals surface area contributed by atoms with Gasteiger partial charge in [0.1, 0.15) is 11.6 Å². The second kappa shape index (κ2) is 11.7. The van der Waals surface area contributed by atoms with Gasteiger partial charge in [-0.15, -0.1) is 34.2 Å². The van der Waals surface area contributed by atoms with Crippen LogP contribution in [0.3, 0.4) is 0 Å². The summed E-state index contributed by atoms with van der Waals surface area (Å²) in [5, 5.41) is 14.7. The van der Waals surface area contributed by atoms with Crippen molar-refractivity contribution < 1.29 is 9.47 Å². The number of aliphatic imine (C=N–C) groups is 1. The Labute approximate surface area is 171 Å². The Bertz CT molecular complexity index is 704. The second-order valence-corrected chi connectivity index (χ2v) is 5.51. The van der Waals surface area contributed by atoms with E-state index < -0.39 is 0 Å². The smallest absolute Gasteiger partial charge is 0.192 e. The first-order chi connectivity index (χ1) is 12.1. The van der Waals surface area contributed by atoms with Crippen LogP contribution in [0.1, 0.15) is 17.2 Å². The second-order valence-electron chi connectivity index (χ2n) is 5.51. The number of hydrogen-bond acceptors (Lipinski definition) is 5. The Balaban J connectivity index is 0.00000338. The van der Waals surface area contributed by atoms with E-state index in [2.05, 4.69) is 25.8 Å². The zero-order valence-electron chi connectivity index (χ0n) is 15.7. The van der Waals surface area contributed by atoms with Crippen molar-refractivity contribution in [2.24, 2.45) is 12.0 Å². The molecule has 2 N–H and O–H groups in total. The van der Waals surface area contributed by atoms with Gasteiger partial charge in [-0.25, -0.2) is 4.99 Å². The van der Waals surface area contributed by atoms with Gasteiger partial charge < -0.3 is 24.7 Å². The third kappa shape index (κ3) is 6.79. The average Bonchev–Trinajstić information content (AvgIpc) is 2.95. The molecule has 0 aliphatic heterocycles. The summed E-state index contributed by atoms with van der Waals surface area (Å²) < 4.78 is 12.3. The van der Waals surface area contributed by atoms with E-state index in [0.29, 0.717) is 32.2 Å². The molecule has 0 radical (unpaired) electrons. The minimum atomic E-state index is 0. The van der Waals surface area contributed by atoms with Crippen LogP contribution in [0.4, 0.5) is 0 Å². The number of nitrogens with zero attached hydrogens (tertiary/aromatic N) is 4. The number of aryl methyl sites for hydroxylation is 1. The van der Waals surface area contributed by atoms with Crippen LogP contribution in [0, 0.1) is 6.92 Å². The predicted molar refractivity (Wildman–Crippen MR) is 112 cm³/mol. The van der Waals surface area contributed by atoms with E-state index in [9.17, 15) is 0 Å². The molecule has 8 nitrogen and oxygen atoms in total. The predicted octanol–water partition coefficient (Wildman–Crippen LogP) is 1.63. The summed E-state index contributed by atoms with van der Waals surface area (Å²) >= 11 is 0. The standard InChI is InChI=1S/C17H26N6O2.HI/c1-13-21-22-16(23(13)2)12-20-17(18-8-9-24-3)19-11-14-6-5-7-15(10-14)25-4;/h5-7,10H,8-9,11-12H2,1-4H3,(H2,18,19,20);1H. The molecule has 26 heavy (non-hydrogen) atoms. The first kappa shape index (κ1) is 22.2. The number of methoxy groups -OCH3 is 2. The zero-order valence-corrected chi connectivity index (χ0v) is 18.0. The third-order valence-corrected chi connectivity index (χ3v) is 3.75. The van der Waals surface area contributed by atoms with Gasteiger partial charge in [0.25, 0.3) is 0 Å². The molecule has 1 aromatic heterocycles. The van der Waals surface area contributed by atoms with E-state index >= 15 is 0 Å². The van der Waals surface area contributed by atoms with Crippen molar-refractivity contribution in [3.05, 3.63) is 41.5 Å². The first-order valence-electron chi connectivity index (χ1n) is 8.13. The molecule has 0 fully saturated rings.